The molecule has 7 heteroatoms. The van der Waals surface area contributed by atoms with Gasteiger partial charge in [0.15, 0.2) is 6.61 Å². The quantitative estimate of drug-likeness (QED) is 0.742. The van der Waals surface area contributed by atoms with Crippen molar-refractivity contribution in [1.29, 1.82) is 0 Å². The van der Waals surface area contributed by atoms with E-state index in [4.69, 9.17) is 4.74 Å². The summed E-state index contributed by atoms with van der Waals surface area (Å²) >= 11 is 0. The summed E-state index contributed by atoms with van der Waals surface area (Å²) in [6.07, 6.45) is 1.79. The molecule has 0 radical (unpaired) electrons. The fraction of sp³-hybridized carbons (Fsp3) is 0.409. The van der Waals surface area contributed by atoms with E-state index in [0.717, 1.165) is 24.0 Å². The Morgan fingerprint density at radius 3 is 2.38 bits per heavy atom. The number of rotatable bonds is 7. The summed E-state index contributed by atoms with van der Waals surface area (Å²) in [5.74, 6) is 0.773. The second-order valence-corrected chi connectivity index (χ2v) is 9.59. The van der Waals surface area contributed by atoms with Crippen LogP contribution < -0.4 is 10.1 Å². The summed E-state index contributed by atoms with van der Waals surface area (Å²) in [5.41, 5.74) is 2.66. The van der Waals surface area contributed by atoms with Gasteiger partial charge in [-0.25, -0.2) is 8.42 Å². The highest BCUT2D eigenvalue weighted by atomic mass is 32.2. The van der Waals surface area contributed by atoms with Crippen molar-refractivity contribution >= 4 is 21.6 Å². The zero-order valence-corrected chi connectivity index (χ0v) is 18.0. The lowest BCUT2D eigenvalue weighted by Gasteiger charge is -2.16. The molecule has 0 bridgehead atoms. The molecule has 1 N–H and O–H groups in total. The molecule has 0 aromatic heterocycles. The number of anilines is 1. The van der Waals surface area contributed by atoms with Gasteiger partial charge in [-0.15, -0.1) is 0 Å². The van der Waals surface area contributed by atoms with Crippen LogP contribution in [0, 0.1) is 6.92 Å². The van der Waals surface area contributed by atoms with Crippen molar-refractivity contribution < 1.29 is 17.9 Å². The van der Waals surface area contributed by atoms with Crippen LogP contribution in [0.3, 0.4) is 0 Å². The van der Waals surface area contributed by atoms with Gasteiger partial charge in [0.1, 0.15) is 5.75 Å². The van der Waals surface area contributed by atoms with E-state index in [1.54, 1.807) is 12.1 Å². The minimum Gasteiger partial charge on any atom is -0.483 e. The van der Waals surface area contributed by atoms with Crippen LogP contribution in [0.15, 0.2) is 47.4 Å². The SMILES string of the molecule is Cc1ccc(C(C)C)cc1OCC(=O)Nc1ccc(S(=O)(=O)N2CCCC2)cc1. The Morgan fingerprint density at radius 1 is 1.10 bits per heavy atom. The van der Waals surface area contributed by atoms with Crippen LogP contribution in [-0.4, -0.2) is 38.3 Å². The van der Waals surface area contributed by atoms with Gasteiger partial charge in [0.05, 0.1) is 4.90 Å². The van der Waals surface area contributed by atoms with Crippen molar-refractivity contribution in [2.24, 2.45) is 0 Å². The van der Waals surface area contributed by atoms with E-state index in [0.29, 0.717) is 30.4 Å². The highest BCUT2D eigenvalue weighted by molar-refractivity contribution is 7.89. The van der Waals surface area contributed by atoms with Gasteiger partial charge in [0, 0.05) is 18.8 Å². The number of nitrogens with zero attached hydrogens (tertiary/aromatic N) is 1. The highest BCUT2D eigenvalue weighted by Crippen LogP contribution is 2.25. The van der Waals surface area contributed by atoms with Gasteiger partial charge in [-0.3, -0.25) is 4.79 Å². The molecule has 2 aromatic carbocycles. The van der Waals surface area contributed by atoms with Gasteiger partial charge in [-0.1, -0.05) is 26.0 Å². The van der Waals surface area contributed by atoms with Crippen LogP contribution in [0.25, 0.3) is 0 Å². The number of hydrogen-bond acceptors (Lipinski definition) is 4. The standard InChI is InChI=1S/C22H28N2O4S/c1-16(2)18-7-6-17(3)21(14-18)28-15-22(25)23-19-8-10-20(11-9-19)29(26,27)24-12-4-5-13-24/h6-11,14,16H,4-5,12-13,15H2,1-3H3,(H,23,25). The predicted octanol–water partition coefficient (Wildman–Crippen LogP) is 3.92. The molecule has 3 rings (SSSR count). The molecule has 0 aliphatic carbocycles. The minimum atomic E-state index is -3.45. The second-order valence-electron chi connectivity index (χ2n) is 7.65. The predicted molar refractivity (Wildman–Crippen MR) is 114 cm³/mol. The van der Waals surface area contributed by atoms with E-state index in [1.165, 1.54) is 16.4 Å². The topological polar surface area (TPSA) is 75.7 Å². The van der Waals surface area contributed by atoms with Crippen LogP contribution >= 0.6 is 0 Å². The Balaban J connectivity index is 1.59. The zero-order valence-electron chi connectivity index (χ0n) is 17.1. The lowest BCUT2D eigenvalue weighted by molar-refractivity contribution is -0.118. The van der Waals surface area contributed by atoms with Gasteiger partial charge in [-0.2, -0.15) is 4.31 Å². The number of aryl methyl sites for hydroxylation is 1. The van der Waals surface area contributed by atoms with Gasteiger partial charge in [0.25, 0.3) is 5.91 Å². The Hall–Kier alpha value is -2.38. The van der Waals surface area contributed by atoms with E-state index in [1.807, 2.05) is 19.1 Å². The third kappa shape index (κ3) is 5.16. The average Bonchev–Trinajstić information content (AvgIpc) is 3.23. The summed E-state index contributed by atoms with van der Waals surface area (Å²) < 4.78 is 32.3. The van der Waals surface area contributed by atoms with E-state index in [9.17, 15) is 13.2 Å². The third-order valence-electron chi connectivity index (χ3n) is 5.08. The Kier molecular flexibility index (Phi) is 6.59. The van der Waals surface area contributed by atoms with E-state index < -0.39 is 10.0 Å². The number of carbonyl (C=O) groups excluding carboxylic acids is 1. The normalized spacial score (nSPS) is 14.9. The lowest BCUT2D eigenvalue weighted by Crippen LogP contribution is -2.27. The van der Waals surface area contributed by atoms with Gasteiger partial charge >= 0.3 is 0 Å². The minimum absolute atomic E-state index is 0.115. The van der Waals surface area contributed by atoms with Crippen molar-refractivity contribution in [3.8, 4) is 5.75 Å². The molecule has 2 aromatic rings. The molecule has 1 aliphatic rings. The molecule has 1 heterocycles. The molecule has 0 unspecified atom stereocenters. The number of amides is 1. The molecule has 29 heavy (non-hydrogen) atoms. The first-order valence-electron chi connectivity index (χ1n) is 9.91. The molecule has 1 fully saturated rings. The number of hydrogen-bond donors (Lipinski definition) is 1. The van der Waals surface area contributed by atoms with Gasteiger partial charge in [0.2, 0.25) is 10.0 Å². The molecule has 0 saturated carbocycles. The maximum absolute atomic E-state index is 12.6. The fourth-order valence-electron chi connectivity index (χ4n) is 3.26. The highest BCUT2D eigenvalue weighted by Gasteiger charge is 2.26. The summed E-state index contributed by atoms with van der Waals surface area (Å²) in [6, 6.07) is 12.3. The summed E-state index contributed by atoms with van der Waals surface area (Å²) in [6.45, 7) is 7.17. The van der Waals surface area contributed by atoms with Crippen molar-refractivity contribution in [3.05, 3.63) is 53.6 Å². The molecule has 6 nitrogen and oxygen atoms in total. The second kappa shape index (κ2) is 8.97. The smallest absolute Gasteiger partial charge is 0.262 e. The molecular weight excluding hydrogens is 388 g/mol. The number of ether oxygens (including phenoxy) is 1. The number of nitrogens with one attached hydrogen (secondary N) is 1. The first-order valence-corrected chi connectivity index (χ1v) is 11.3. The lowest BCUT2D eigenvalue weighted by atomic mass is 10.0. The monoisotopic (exact) mass is 416 g/mol. The van der Waals surface area contributed by atoms with Crippen LogP contribution in [0.5, 0.6) is 5.75 Å². The van der Waals surface area contributed by atoms with Gasteiger partial charge in [-0.05, 0) is 67.1 Å². The third-order valence-corrected chi connectivity index (χ3v) is 6.99. The zero-order chi connectivity index (χ0) is 21.0. The summed E-state index contributed by atoms with van der Waals surface area (Å²) in [5, 5.41) is 2.74. The van der Waals surface area contributed by atoms with Crippen LogP contribution in [0.1, 0.15) is 43.7 Å². The van der Waals surface area contributed by atoms with Crippen LogP contribution in [-0.2, 0) is 14.8 Å². The number of carbonyl (C=O) groups is 1. The largest absolute Gasteiger partial charge is 0.483 e. The van der Waals surface area contributed by atoms with Crippen molar-refractivity contribution in [3.63, 3.8) is 0 Å². The Bertz CT molecular complexity index is 963. The van der Waals surface area contributed by atoms with E-state index in [2.05, 4.69) is 25.2 Å². The number of benzene rings is 2. The molecular formula is C22H28N2O4S. The summed E-state index contributed by atoms with van der Waals surface area (Å²) in [7, 11) is -3.45. The molecule has 1 aliphatic heterocycles. The molecule has 0 atom stereocenters. The van der Waals surface area contributed by atoms with Crippen molar-refractivity contribution in [2.75, 3.05) is 25.0 Å². The molecule has 156 valence electrons. The van der Waals surface area contributed by atoms with Crippen LogP contribution in [0.2, 0.25) is 0 Å². The summed E-state index contributed by atoms with van der Waals surface area (Å²) in [4.78, 5) is 12.5. The fourth-order valence-corrected chi connectivity index (χ4v) is 4.78. The van der Waals surface area contributed by atoms with E-state index >= 15 is 0 Å². The average molecular weight is 417 g/mol. The molecule has 0 spiro atoms. The molecule has 1 saturated heterocycles. The Morgan fingerprint density at radius 2 is 1.76 bits per heavy atom. The maximum Gasteiger partial charge on any atom is 0.262 e. The Labute approximate surface area is 172 Å². The van der Waals surface area contributed by atoms with Crippen molar-refractivity contribution in [2.45, 2.75) is 44.4 Å². The maximum atomic E-state index is 12.6. The van der Waals surface area contributed by atoms with Crippen molar-refractivity contribution in [1.82, 2.24) is 4.31 Å². The number of sulfonamides is 1. The van der Waals surface area contributed by atoms with Crippen LogP contribution in [0.4, 0.5) is 5.69 Å². The van der Waals surface area contributed by atoms with E-state index in [-0.39, 0.29) is 17.4 Å². The first kappa shape index (κ1) is 21.3. The molecule has 1 amide bonds. The van der Waals surface area contributed by atoms with Gasteiger partial charge < -0.3 is 10.1 Å². The first-order chi connectivity index (χ1) is 13.8.